The Bertz CT molecular complexity index is 762. The monoisotopic (exact) mass is 332 g/mol. The minimum absolute atomic E-state index is 0.0511. The molecule has 0 aliphatic carbocycles. The number of nitrogens with two attached hydrogens (primary N) is 1. The van der Waals surface area contributed by atoms with Gasteiger partial charge in [-0.2, -0.15) is 4.98 Å². The van der Waals surface area contributed by atoms with Gasteiger partial charge in [-0.3, -0.25) is 4.72 Å². The van der Waals surface area contributed by atoms with Gasteiger partial charge in [0, 0.05) is 6.20 Å². The lowest BCUT2D eigenvalue weighted by Crippen LogP contribution is -2.15. The maximum absolute atomic E-state index is 13.7. The molecule has 2 aromatic rings. The molecule has 0 fully saturated rings. The summed E-state index contributed by atoms with van der Waals surface area (Å²) in [5.41, 5.74) is 5.40. The molecule has 21 heavy (non-hydrogen) atoms. The van der Waals surface area contributed by atoms with Crippen LogP contribution in [0.5, 0.6) is 5.75 Å². The first kappa shape index (κ1) is 15.3. The van der Waals surface area contributed by atoms with Crippen molar-refractivity contribution < 1.29 is 17.5 Å². The average molecular weight is 333 g/mol. The van der Waals surface area contributed by atoms with Gasteiger partial charge in [0.1, 0.15) is 5.82 Å². The van der Waals surface area contributed by atoms with Crippen molar-refractivity contribution in [3.63, 3.8) is 0 Å². The number of hydrogen-bond acceptors (Lipinski definition) is 6. The second-order valence-corrected chi connectivity index (χ2v) is 5.86. The van der Waals surface area contributed by atoms with Gasteiger partial charge >= 0.3 is 0 Å². The quantitative estimate of drug-likeness (QED) is 0.651. The zero-order valence-electron chi connectivity index (χ0n) is 10.7. The predicted molar refractivity (Wildman–Crippen MR) is 75.2 cm³/mol. The predicted octanol–water partition coefficient (Wildman–Crippen LogP) is 1.66. The van der Waals surface area contributed by atoms with Crippen molar-refractivity contribution in [2.75, 3.05) is 17.6 Å². The van der Waals surface area contributed by atoms with Crippen LogP contribution in [-0.2, 0) is 10.0 Å². The van der Waals surface area contributed by atoms with Crippen LogP contribution in [0.15, 0.2) is 29.3 Å². The number of sulfonamides is 1. The highest BCUT2D eigenvalue weighted by molar-refractivity contribution is 7.92. The Morgan fingerprint density at radius 2 is 2.14 bits per heavy atom. The van der Waals surface area contributed by atoms with Crippen molar-refractivity contribution in [1.82, 2.24) is 9.97 Å². The molecule has 10 heteroatoms. The number of hydrogen-bond donors (Lipinski definition) is 2. The van der Waals surface area contributed by atoms with Crippen LogP contribution in [0.1, 0.15) is 0 Å². The first-order valence-electron chi connectivity index (χ1n) is 5.48. The number of aromatic nitrogens is 2. The van der Waals surface area contributed by atoms with E-state index in [0.29, 0.717) is 0 Å². The van der Waals surface area contributed by atoms with Crippen molar-refractivity contribution in [3.05, 3.63) is 35.5 Å². The summed E-state index contributed by atoms with van der Waals surface area (Å²) in [5, 5.41) is -0.129. The third kappa shape index (κ3) is 3.31. The first-order chi connectivity index (χ1) is 9.83. The first-order valence-corrected chi connectivity index (χ1v) is 7.34. The highest BCUT2D eigenvalue weighted by Crippen LogP contribution is 2.29. The van der Waals surface area contributed by atoms with Gasteiger partial charge in [0.2, 0.25) is 5.28 Å². The van der Waals surface area contributed by atoms with Crippen LogP contribution in [0.4, 0.5) is 15.9 Å². The fraction of sp³-hybridized carbons (Fsp3) is 0.0909. The summed E-state index contributed by atoms with van der Waals surface area (Å²) in [7, 11) is -2.85. The maximum Gasteiger partial charge on any atom is 0.263 e. The standard InChI is InChI=1S/C11H10ClFN4O3S/c1-20-10-7(13)4-6(5-8(10)14)21(18,19)17-9-2-3-15-11(12)16-9/h2-5H,14H2,1H3,(H,15,16,17). The largest absolute Gasteiger partial charge is 0.492 e. The molecule has 0 saturated carbocycles. The van der Waals surface area contributed by atoms with Gasteiger partial charge in [0.25, 0.3) is 10.0 Å². The number of methoxy groups -OCH3 is 1. The van der Waals surface area contributed by atoms with E-state index in [2.05, 4.69) is 14.7 Å². The summed E-state index contributed by atoms with van der Waals surface area (Å²) in [6.45, 7) is 0. The van der Waals surface area contributed by atoms with Gasteiger partial charge in [-0.1, -0.05) is 0 Å². The second-order valence-electron chi connectivity index (χ2n) is 3.84. The molecule has 0 spiro atoms. The van der Waals surface area contributed by atoms with Crippen LogP contribution in [-0.4, -0.2) is 25.5 Å². The number of ether oxygens (including phenoxy) is 1. The summed E-state index contributed by atoms with van der Waals surface area (Å²) in [6, 6.07) is 3.17. The molecular weight excluding hydrogens is 323 g/mol. The van der Waals surface area contributed by atoms with Crippen LogP contribution in [0.2, 0.25) is 5.28 Å². The topological polar surface area (TPSA) is 107 Å². The molecule has 0 amide bonds. The molecule has 0 aliphatic rings. The van der Waals surface area contributed by atoms with Crippen molar-refractivity contribution in [3.8, 4) is 5.75 Å². The van der Waals surface area contributed by atoms with Gasteiger partial charge in [-0.25, -0.2) is 17.8 Å². The van der Waals surface area contributed by atoms with E-state index in [-0.39, 0.29) is 27.4 Å². The highest BCUT2D eigenvalue weighted by Gasteiger charge is 2.20. The molecule has 0 aliphatic heterocycles. The van der Waals surface area contributed by atoms with Crippen molar-refractivity contribution >= 4 is 33.1 Å². The molecule has 0 bridgehead atoms. The van der Waals surface area contributed by atoms with Gasteiger partial charge < -0.3 is 10.5 Å². The minimum atomic E-state index is -4.07. The maximum atomic E-state index is 13.7. The van der Waals surface area contributed by atoms with Gasteiger partial charge in [0.15, 0.2) is 11.6 Å². The number of nitrogen functional groups attached to an aromatic ring is 1. The smallest absolute Gasteiger partial charge is 0.263 e. The average Bonchev–Trinajstić information content (AvgIpc) is 2.37. The molecule has 0 atom stereocenters. The number of benzene rings is 1. The Kier molecular flexibility index (Phi) is 4.14. The summed E-state index contributed by atoms with van der Waals surface area (Å²) in [6.07, 6.45) is 1.27. The van der Waals surface area contributed by atoms with Gasteiger partial charge in [0.05, 0.1) is 17.7 Å². The molecule has 0 radical (unpaired) electrons. The third-order valence-corrected chi connectivity index (χ3v) is 3.94. The van der Waals surface area contributed by atoms with E-state index in [1.165, 1.54) is 19.4 Å². The molecular formula is C11H10ClFN4O3S. The summed E-state index contributed by atoms with van der Waals surface area (Å²) in [5.74, 6) is -1.16. The van der Waals surface area contributed by atoms with Crippen molar-refractivity contribution in [1.29, 1.82) is 0 Å². The van der Waals surface area contributed by atoms with E-state index in [1.807, 2.05) is 0 Å². The van der Waals surface area contributed by atoms with Gasteiger partial charge in [-0.15, -0.1) is 0 Å². The zero-order valence-corrected chi connectivity index (χ0v) is 12.2. The Morgan fingerprint density at radius 3 is 2.71 bits per heavy atom. The Morgan fingerprint density at radius 1 is 1.43 bits per heavy atom. The van der Waals surface area contributed by atoms with E-state index in [9.17, 15) is 12.8 Å². The molecule has 112 valence electrons. The van der Waals surface area contributed by atoms with E-state index >= 15 is 0 Å². The fourth-order valence-electron chi connectivity index (χ4n) is 1.55. The normalized spacial score (nSPS) is 11.2. The van der Waals surface area contributed by atoms with Crippen LogP contribution in [0.3, 0.4) is 0 Å². The van der Waals surface area contributed by atoms with Crippen molar-refractivity contribution in [2.24, 2.45) is 0 Å². The lowest BCUT2D eigenvalue weighted by Gasteiger charge is -2.10. The number of anilines is 2. The Labute approximate surface area is 125 Å². The molecule has 1 aromatic carbocycles. The van der Waals surface area contributed by atoms with Crippen LogP contribution < -0.4 is 15.2 Å². The molecule has 1 aromatic heterocycles. The Balaban J connectivity index is 2.40. The zero-order chi connectivity index (χ0) is 15.6. The third-order valence-electron chi connectivity index (χ3n) is 2.43. The number of rotatable bonds is 4. The summed E-state index contributed by atoms with van der Waals surface area (Å²) >= 11 is 5.56. The molecule has 1 heterocycles. The van der Waals surface area contributed by atoms with Crippen molar-refractivity contribution in [2.45, 2.75) is 4.90 Å². The molecule has 0 unspecified atom stereocenters. The molecule has 3 N–H and O–H groups in total. The number of halogens is 2. The lowest BCUT2D eigenvalue weighted by molar-refractivity contribution is 0.388. The van der Waals surface area contributed by atoms with E-state index in [0.717, 1.165) is 12.1 Å². The second kappa shape index (κ2) is 5.70. The number of nitrogens with one attached hydrogen (secondary N) is 1. The van der Waals surface area contributed by atoms with Crippen LogP contribution in [0.25, 0.3) is 0 Å². The van der Waals surface area contributed by atoms with E-state index in [1.54, 1.807) is 0 Å². The molecule has 0 saturated heterocycles. The minimum Gasteiger partial charge on any atom is -0.492 e. The fourth-order valence-corrected chi connectivity index (χ4v) is 2.74. The van der Waals surface area contributed by atoms with Gasteiger partial charge in [-0.05, 0) is 29.8 Å². The Hall–Kier alpha value is -2.13. The highest BCUT2D eigenvalue weighted by atomic mass is 35.5. The summed E-state index contributed by atoms with van der Waals surface area (Å²) < 4.78 is 44.8. The van der Waals surface area contributed by atoms with Crippen LogP contribution >= 0.6 is 11.6 Å². The van der Waals surface area contributed by atoms with Crippen LogP contribution in [0, 0.1) is 5.82 Å². The van der Waals surface area contributed by atoms with E-state index < -0.39 is 15.8 Å². The number of nitrogens with zero attached hydrogens (tertiary/aromatic N) is 2. The SMILES string of the molecule is COc1c(N)cc(S(=O)(=O)Nc2ccnc(Cl)n2)cc1F. The summed E-state index contributed by atoms with van der Waals surface area (Å²) in [4.78, 5) is 6.93. The molecule has 2 rings (SSSR count). The molecule has 7 nitrogen and oxygen atoms in total. The van der Waals surface area contributed by atoms with E-state index in [4.69, 9.17) is 22.1 Å². The lowest BCUT2D eigenvalue weighted by atomic mass is 10.3.